The topological polar surface area (TPSA) is 43.8 Å². The first-order chi connectivity index (χ1) is 6.29. The lowest BCUT2D eigenvalue weighted by molar-refractivity contribution is 0.483. The summed E-state index contributed by atoms with van der Waals surface area (Å²) in [5.74, 6) is 1.03. The molecule has 1 unspecified atom stereocenters. The Balaban J connectivity index is 2.23. The van der Waals surface area contributed by atoms with Crippen molar-refractivity contribution < 1.29 is 0 Å². The fourth-order valence-corrected chi connectivity index (χ4v) is 2.17. The molecule has 1 atom stereocenters. The standard InChI is InChI=1S/C10H17N3/c1-8(11)10-12-6-7-13(10)9-4-2-3-5-9/h6-9H,2-5,11H2,1H3. The van der Waals surface area contributed by atoms with E-state index in [-0.39, 0.29) is 6.04 Å². The first kappa shape index (κ1) is 8.75. The molecule has 1 saturated carbocycles. The van der Waals surface area contributed by atoms with Crippen molar-refractivity contribution in [3.8, 4) is 0 Å². The molecule has 1 fully saturated rings. The van der Waals surface area contributed by atoms with Gasteiger partial charge >= 0.3 is 0 Å². The minimum Gasteiger partial charge on any atom is -0.331 e. The van der Waals surface area contributed by atoms with Gasteiger partial charge in [0.1, 0.15) is 5.82 Å². The van der Waals surface area contributed by atoms with Crippen LogP contribution in [0.2, 0.25) is 0 Å². The van der Waals surface area contributed by atoms with Gasteiger partial charge in [0, 0.05) is 18.4 Å². The molecule has 3 heteroatoms. The number of hydrogen-bond donors (Lipinski definition) is 1. The molecule has 13 heavy (non-hydrogen) atoms. The van der Waals surface area contributed by atoms with Crippen LogP contribution in [0.3, 0.4) is 0 Å². The molecule has 0 spiro atoms. The number of aromatic nitrogens is 2. The van der Waals surface area contributed by atoms with Crippen molar-refractivity contribution in [2.45, 2.75) is 44.7 Å². The Morgan fingerprint density at radius 2 is 2.23 bits per heavy atom. The largest absolute Gasteiger partial charge is 0.331 e. The third-order valence-electron chi connectivity index (χ3n) is 2.82. The molecule has 1 aromatic rings. The van der Waals surface area contributed by atoms with Gasteiger partial charge in [0.15, 0.2) is 0 Å². The third kappa shape index (κ3) is 1.61. The van der Waals surface area contributed by atoms with Gasteiger partial charge in [-0.3, -0.25) is 0 Å². The maximum absolute atomic E-state index is 5.84. The number of rotatable bonds is 2. The first-order valence-electron chi connectivity index (χ1n) is 5.07. The Morgan fingerprint density at radius 1 is 1.54 bits per heavy atom. The second kappa shape index (κ2) is 3.50. The van der Waals surface area contributed by atoms with E-state index in [9.17, 15) is 0 Å². The van der Waals surface area contributed by atoms with E-state index in [4.69, 9.17) is 5.73 Å². The SMILES string of the molecule is CC(N)c1nccn1C1CCCC1. The van der Waals surface area contributed by atoms with E-state index >= 15 is 0 Å². The molecule has 1 aromatic heterocycles. The summed E-state index contributed by atoms with van der Waals surface area (Å²) in [7, 11) is 0. The second-order valence-corrected chi connectivity index (χ2v) is 3.92. The maximum atomic E-state index is 5.84. The zero-order valence-corrected chi connectivity index (χ0v) is 8.11. The van der Waals surface area contributed by atoms with E-state index in [0.29, 0.717) is 6.04 Å². The number of imidazole rings is 1. The summed E-state index contributed by atoms with van der Waals surface area (Å²) >= 11 is 0. The highest BCUT2D eigenvalue weighted by atomic mass is 15.1. The summed E-state index contributed by atoms with van der Waals surface area (Å²) in [6.45, 7) is 1.99. The summed E-state index contributed by atoms with van der Waals surface area (Å²) in [5.41, 5.74) is 5.84. The highest BCUT2D eigenvalue weighted by Gasteiger charge is 2.20. The van der Waals surface area contributed by atoms with Crippen molar-refractivity contribution in [1.29, 1.82) is 0 Å². The maximum Gasteiger partial charge on any atom is 0.125 e. The molecule has 1 aliphatic rings. The highest BCUT2D eigenvalue weighted by Crippen LogP contribution is 2.30. The van der Waals surface area contributed by atoms with E-state index < -0.39 is 0 Å². The van der Waals surface area contributed by atoms with Gasteiger partial charge in [0.05, 0.1) is 6.04 Å². The lowest BCUT2D eigenvalue weighted by Gasteiger charge is -2.16. The Bertz CT molecular complexity index is 271. The minimum absolute atomic E-state index is 0.0515. The Labute approximate surface area is 79.0 Å². The lowest BCUT2D eigenvalue weighted by atomic mass is 10.2. The highest BCUT2D eigenvalue weighted by molar-refractivity contribution is 5.00. The summed E-state index contributed by atoms with van der Waals surface area (Å²) in [5, 5.41) is 0. The van der Waals surface area contributed by atoms with Crippen molar-refractivity contribution in [1.82, 2.24) is 9.55 Å². The van der Waals surface area contributed by atoms with Gasteiger partial charge < -0.3 is 10.3 Å². The Hall–Kier alpha value is -0.830. The Kier molecular flexibility index (Phi) is 2.36. The molecule has 0 amide bonds. The number of hydrogen-bond acceptors (Lipinski definition) is 2. The Morgan fingerprint density at radius 3 is 2.85 bits per heavy atom. The molecule has 3 nitrogen and oxygen atoms in total. The summed E-state index contributed by atoms with van der Waals surface area (Å²) in [6, 6.07) is 0.707. The second-order valence-electron chi connectivity index (χ2n) is 3.92. The molecule has 0 saturated heterocycles. The fraction of sp³-hybridized carbons (Fsp3) is 0.700. The first-order valence-corrected chi connectivity index (χ1v) is 5.07. The van der Waals surface area contributed by atoms with Gasteiger partial charge in [-0.25, -0.2) is 4.98 Å². The van der Waals surface area contributed by atoms with Crippen molar-refractivity contribution >= 4 is 0 Å². The molecule has 1 aliphatic carbocycles. The molecule has 0 radical (unpaired) electrons. The van der Waals surface area contributed by atoms with Crippen LogP contribution < -0.4 is 5.73 Å². The van der Waals surface area contributed by atoms with Crippen molar-refractivity contribution in [3.05, 3.63) is 18.2 Å². The van der Waals surface area contributed by atoms with Crippen LogP contribution in [0.5, 0.6) is 0 Å². The average molecular weight is 179 g/mol. The predicted octanol–water partition coefficient (Wildman–Crippen LogP) is 2.02. The van der Waals surface area contributed by atoms with E-state index in [1.807, 2.05) is 13.1 Å². The van der Waals surface area contributed by atoms with Gasteiger partial charge in [0.2, 0.25) is 0 Å². The molecular formula is C10H17N3. The predicted molar refractivity (Wildman–Crippen MR) is 52.3 cm³/mol. The molecule has 1 heterocycles. The average Bonchev–Trinajstić information content (AvgIpc) is 2.74. The van der Waals surface area contributed by atoms with E-state index in [1.165, 1.54) is 25.7 Å². The zero-order chi connectivity index (χ0) is 9.26. The van der Waals surface area contributed by atoms with Crippen LogP contribution in [0.1, 0.15) is 50.5 Å². The smallest absolute Gasteiger partial charge is 0.125 e. The molecule has 0 bridgehead atoms. The van der Waals surface area contributed by atoms with Crippen LogP contribution in [0.4, 0.5) is 0 Å². The van der Waals surface area contributed by atoms with Gasteiger partial charge in [-0.1, -0.05) is 12.8 Å². The van der Waals surface area contributed by atoms with Crippen molar-refractivity contribution in [2.24, 2.45) is 5.73 Å². The van der Waals surface area contributed by atoms with Crippen LogP contribution >= 0.6 is 0 Å². The molecular weight excluding hydrogens is 162 g/mol. The summed E-state index contributed by atoms with van der Waals surface area (Å²) in [4.78, 5) is 4.30. The van der Waals surface area contributed by atoms with E-state index in [0.717, 1.165) is 5.82 Å². The molecule has 0 aliphatic heterocycles. The van der Waals surface area contributed by atoms with E-state index in [2.05, 4.69) is 15.7 Å². The van der Waals surface area contributed by atoms with Crippen LogP contribution in [0, 0.1) is 0 Å². The molecule has 2 rings (SSSR count). The lowest BCUT2D eigenvalue weighted by Crippen LogP contribution is -2.15. The van der Waals surface area contributed by atoms with Crippen molar-refractivity contribution in [3.63, 3.8) is 0 Å². The van der Waals surface area contributed by atoms with Gasteiger partial charge in [-0.05, 0) is 19.8 Å². The minimum atomic E-state index is 0.0515. The molecule has 72 valence electrons. The third-order valence-corrected chi connectivity index (χ3v) is 2.82. The van der Waals surface area contributed by atoms with Crippen LogP contribution in [0.25, 0.3) is 0 Å². The van der Waals surface area contributed by atoms with Crippen LogP contribution in [0.15, 0.2) is 12.4 Å². The fourth-order valence-electron chi connectivity index (χ4n) is 2.17. The molecule has 0 aromatic carbocycles. The van der Waals surface area contributed by atoms with Gasteiger partial charge in [-0.15, -0.1) is 0 Å². The zero-order valence-electron chi connectivity index (χ0n) is 8.11. The van der Waals surface area contributed by atoms with Gasteiger partial charge in [-0.2, -0.15) is 0 Å². The number of nitrogens with two attached hydrogens (primary N) is 1. The monoisotopic (exact) mass is 179 g/mol. The molecule has 2 N–H and O–H groups in total. The van der Waals surface area contributed by atoms with Crippen LogP contribution in [-0.4, -0.2) is 9.55 Å². The summed E-state index contributed by atoms with van der Waals surface area (Å²) < 4.78 is 2.26. The van der Waals surface area contributed by atoms with Crippen LogP contribution in [-0.2, 0) is 0 Å². The van der Waals surface area contributed by atoms with Gasteiger partial charge in [0.25, 0.3) is 0 Å². The quantitative estimate of drug-likeness (QED) is 0.754. The normalized spacial score (nSPS) is 20.8. The van der Waals surface area contributed by atoms with E-state index in [1.54, 1.807) is 0 Å². The summed E-state index contributed by atoms with van der Waals surface area (Å²) in [6.07, 6.45) is 9.19. The number of nitrogens with zero attached hydrogens (tertiary/aromatic N) is 2. The van der Waals surface area contributed by atoms with Crippen molar-refractivity contribution in [2.75, 3.05) is 0 Å².